The first-order valence-corrected chi connectivity index (χ1v) is 6.49. The van der Waals surface area contributed by atoms with Gasteiger partial charge >= 0.3 is 0 Å². The first-order valence-electron chi connectivity index (χ1n) is 6.49. The normalized spacial score (nSPS) is 18.7. The van der Waals surface area contributed by atoms with Crippen LogP contribution in [-0.4, -0.2) is 48.8 Å². The van der Waals surface area contributed by atoms with Crippen LogP contribution in [0.25, 0.3) is 0 Å². The van der Waals surface area contributed by atoms with Gasteiger partial charge in [0.25, 0.3) is 5.91 Å². The standard InChI is InChI=1S/C15H19N3O2/c1-17-9-8-12(15(20)18(2)10-13(16)19)14(17)11-6-4-3-5-7-11/h3-8,14H,9-10H2,1-2H3,(H2,16,19). The second-order valence-electron chi connectivity index (χ2n) is 5.04. The minimum atomic E-state index is -0.510. The molecule has 1 aromatic rings. The molecule has 5 nitrogen and oxygen atoms in total. The summed E-state index contributed by atoms with van der Waals surface area (Å²) in [6.45, 7) is 0.645. The van der Waals surface area contributed by atoms with Gasteiger partial charge in [0.1, 0.15) is 0 Å². The lowest BCUT2D eigenvalue weighted by Crippen LogP contribution is -2.37. The molecule has 2 N–H and O–H groups in total. The summed E-state index contributed by atoms with van der Waals surface area (Å²) in [5, 5.41) is 0. The molecule has 1 heterocycles. The maximum atomic E-state index is 12.4. The van der Waals surface area contributed by atoms with Crippen molar-refractivity contribution >= 4 is 11.8 Å². The van der Waals surface area contributed by atoms with E-state index in [9.17, 15) is 9.59 Å². The van der Waals surface area contributed by atoms with Crippen molar-refractivity contribution in [2.75, 3.05) is 27.2 Å². The van der Waals surface area contributed by atoms with E-state index in [1.165, 1.54) is 4.90 Å². The van der Waals surface area contributed by atoms with E-state index in [4.69, 9.17) is 5.73 Å². The van der Waals surface area contributed by atoms with Gasteiger partial charge in [-0.1, -0.05) is 36.4 Å². The molecule has 0 aliphatic carbocycles. The molecule has 5 heteroatoms. The Morgan fingerprint density at radius 3 is 2.60 bits per heavy atom. The highest BCUT2D eigenvalue weighted by Gasteiger charge is 2.32. The molecule has 2 rings (SSSR count). The molecule has 0 aromatic heterocycles. The van der Waals surface area contributed by atoms with Crippen molar-refractivity contribution in [2.24, 2.45) is 5.73 Å². The van der Waals surface area contributed by atoms with Crippen LogP contribution >= 0.6 is 0 Å². The summed E-state index contributed by atoms with van der Waals surface area (Å²) in [6, 6.07) is 9.79. The molecule has 0 fully saturated rings. The molecule has 1 aromatic carbocycles. The van der Waals surface area contributed by atoms with Gasteiger partial charge in [0, 0.05) is 19.2 Å². The highest BCUT2D eigenvalue weighted by molar-refractivity contribution is 5.97. The first kappa shape index (κ1) is 14.3. The highest BCUT2D eigenvalue weighted by atomic mass is 16.2. The Bertz CT molecular complexity index is 539. The van der Waals surface area contributed by atoms with Gasteiger partial charge in [-0.3, -0.25) is 14.5 Å². The topological polar surface area (TPSA) is 66.6 Å². The highest BCUT2D eigenvalue weighted by Crippen LogP contribution is 2.32. The number of rotatable bonds is 4. The second-order valence-corrected chi connectivity index (χ2v) is 5.04. The van der Waals surface area contributed by atoms with Crippen LogP contribution in [0.1, 0.15) is 11.6 Å². The number of hydrogen-bond acceptors (Lipinski definition) is 3. The van der Waals surface area contributed by atoms with E-state index in [0.717, 1.165) is 5.56 Å². The monoisotopic (exact) mass is 273 g/mol. The molecule has 20 heavy (non-hydrogen) atoms. The van der Waals surface area contributed by atoms with Gasteiger partial charge in [-0.2, -0.15) is 0 Å². The van der Waals surface area contributed by atoms with Gasteiger partial charge < -0.3 is 10.6 Å². The van der Waals surface area contributed by atoms with Gasteiger partial charge in [-0.15, -0.1) is 0 Å². The zero-order valence-corrected chi connectivity index (χ0v) is 11.7. The number of carbonyl (C=O) groups excluding carboxylic acids is 2. The number of carbonyl (C=O) groups is 2. The van der Waals surface area contributed by atoms with Gasteiger partial charge in [-0.25, -0.2) is 0 Å². The van der Waals surface area contributed by atoms with Gasteiger partial charge in [0.2, 0.25) is 5.91 Å². The van der Waals surface area contributed by atoms with Crippen LogP contribution < -0.4 is 5.73 Å². The van der Waals surface area contributed by atoms with E-state index >= 15 is 0 Å². The third-order valence-corrected chi connectivity index (χ3v) is 3.44. The van der Waals surface area contributed by atoms with Crippen LogP contribution in [0.2, 0.25) is 0 Å². The van der Waals surface area contributed by atoms with Crippen LogP contribution in [0.4, 0.5) is 0 Å². The van der Waals surface area contributed by atoms with E-state index in [1.54, 1.807) is 7.05 Å². The SMILES string of the molecule is CN(CC(N)=O)C(=O)C1=CCN(C)C1c1ccccc1. The largest absolute Gasteiger partial charge is 0.368 e. The Balaban J connectivity index is 2.22. The number of hydrogen-bond donors (Lipinski definition) is 1. The third-order valence-electron chi connectivity index (χ3n) is 3.44. The molecule has 0 saturated carbocycles. The molecule has 0 bridgehead atoms. The molecule has 0 radical (unpaired) electrons. The summed E-state index contributed by atoms with van der Waals surface area (Å²) in [6.07, 6.45) is 1.91. The predicted molar refractivity (Wildman–Crippen MR) is 76.7 cm³/mol. The lowest BCUT2D eigenvalue weighted by Gasteiger charge is -2.25. The van der Waals surface area contributed by atoms with Crippen molar-refractivity contribution in [2.45, 2.75) is 6.04 Å². The quantitative estimate of drug-likeness (QED) is 0.871. The van der Waals surface area contributed by atoms with E-state index in [-0.39, 0.29) is 18.5 Å². The molecule has 1 unspecified atom stereocenters. The molecule has 2 amide bonds. The summed E-state index contributed by atoms with van der Waals surface area (Å²) in [4.78, 5) is 26.8. The summed E-state index contributed by atoms with van der Waals surface area (Å²) in [7, 11) is 3.57. The summed E-state index contributed by atoms with van der Waals surface area (Å²) in [5.41, 5.74) is 6.91. The average Bonchev–Trinajstić information content (AvgIpc) is 2.80. The van der Waals surface area contributed by atoms with Crippen molar-refractivity contribution in [1.29, 1.82) is 0 Å². The lowest BCUT2D eigenvalue weighted by molar-refractivity contribution is -0.131. The summed E-state index contributed by atoms with van der Waals surface area (Å²) in [5.74, 6) is -0.661. The fourth-order valence-corrected chi connectivity index (χ4v) is 2.50. The van der Waals surface area contributed by atoms with Crippen molar-refractivity contribution in [3.63, 3.8) is 0 Å². The van der Waals surface area contributed by atoms with E-state index < -0.39 is 5.91 Å². The third kappa shape index (κ3) is 2.88. The van der Waals surface area contributed by atoms with Crippen LogP contribution in [0.5, 0.6) is 0 Å². The van der Waals surface area contributed by atoms with Gasteiger partial charge in [0.05, 0.1) is 12.6 Å². The number of primary amides is 1. The van der Waals surface area contributed by atoms with Gasteiger partial charge in [0.15, 0.2) is 0 Å². The van der Waals surface area contributed by atoms with Crippen molar-refractivity contribution in [3.8, 4) is 0 Å². The maximum absolute atomic E-state index is 12.4. The minimum absolute atomic E-state index is 0.0681. The molecule has 1 atom stereocenters. The van der Waals surface area contributed by atoms with Crippen LogP contribution in [0.3, 0.4) is 0 Å². The fourth-order valence-electron chi connectivity index (χ4n) is 2.50. The molecular formula is C15H19N3O2. The molecule has 106 valence electrons. The molecule has 1 aliphatic heterocycles. The van der Waals surface area contributed by atoms with Crippen molar-refractivity contribution in [1.82, 2.24) is 9.80 Å². The summed E-state index contributed by atoms with van der Waals surface area (Å²) < 4.78 is 0. The van der Waals surface area contributed by atoms with E-state index in [1.807, 2.05) is 43.5 Å². The lowest BCUT2D eigenvalue weighted by atomic mass is 9.99. The molecule has 0 saturated heterocycles. The van der Waals surface area contributed by atoms with Gasteiger partial charge in [-0.05, 0) is 12.6 Å². The first-order chi connectivity index (χ1) is 9.50. The molecule has 1 aliphatic rings. The Hall–Kier alpha value is -2.14. The average molecular weight is 273 g/mol. The number of benzene rings is 1. The van der Waals surface area contributed by atoms with Crippen molar-refractivity contribution in [3.05, 3.63) is 47.5 Å². The Kier molecular flexibility index (Phi) is 4.20. The number of likely N-dealkylation sites (N-methyl/N-ethyl adjacent to an activating group) is 2. The maximum Gasteiger partial charge on any atom is 0.251 e. The Morgan fingerprint density at radius 2 is 2.00 bits per heavy atom. The second kappa shape index (κ2) is 5.88. The number of amides is 2. The predicted octanol–water partition coefficient (Wildman–Crippen LogP) is 0.543. The van der Waals surface area contributed by atoms with Crippen LogP contribution in [-0.2, 0) is 9.59 Å². The molecular weight excluding hydrogens is 254 g/mol. The smallest absolute Gasteiger partial charge is 0.251 e. The minimum Gasteiger partial charge on any atom is -0.368 e. The van der Waals surface area contributed by atoms with E-state index in [2.05, 4.69) is 4.90 Å². The number of nitrogens with two attached hydrogens (primary N) is 1. The fraction of sp³-hybridized carbons (Fsp3) is 0.333. The molecule has 0 spiro atoms. The zero-order valence-electron chi connectivity index (χ0n) is 11.7. The summed E-state index contributed by atoms with van der Waals surface area (Å²) >= 11 is 0. The van der Waals surface area contributed by atoms with Crippen LogP contribution in [0.15, 0.2) is 42.0 Å². The van der Waals surface area contributed by atoms with Crippen LogP contribution in [0, 0.1) is 0 Å². The zero-order chi connectivity index (χ0) is 14.7. The Labute approximate surface area is 118 Å². The van der Waals surface area contributed by atoms with E-state index in [0.29, 0.717) is 12.1 Å². The Morgan fingerprint density at radius 1 is 1.35 bits per heavy atom. The number of nitrogens with zero attached hydrogens (tertiary/aromatic N) is 2. The van der Waals surface area contributed by atoms with Crippen molar-refractivity contribution < 1.29 is 9.59 Å².